The largest absolute Gasteiger partial charge is 0.673 e. The number of nitrogens with zero attached hydrogens (tertiary/aromatic N) is 2. The molecule has 2 rings (SSSR count). The molecule has 0 aliphatic heterocycles. The predicted octanol–water partition coefficient (Wildman–Crippen LogP) is 3.02. The normalized spacial score (nSPS) is 10.3. The van der Waals surface area contributed by atoms with Gasteiger partial charge in [0.25, 0.3) is 5.69 Å². The molecule has 0 bridgehead atoms. The van der Waals surface area contributed by atoms with E-state index in [2.05, 4.69) is 0 Å². The molecule has 0 fully saturated rings. The van der Waals surface area contributed by atoms with Crippen LogP contribution < -0.4 is 9.57 Å². The fourth-order valence-corrected chi connectivity index (χ4v) is 1.19. The van der Waals surface area contributed by atoms with Crippen LogP contribution in [0.1, 0.15) is 0 Å². The molecule has 112 valence electrons. The molecule has 2 aromatic rings. The van der Waals surface area contributed by atoms with E-state index in [0.29, 0.717) is 5.75 Å². The second kappa shape index (κ2) is 7.22. The Morgan fingerprint density at radius 1 is 1.00 bits per heavy atom. The van der Waals surface area contributed by atoms with Gasteiger partial charge in [0.1, 0.15) is 0 Å². The second-order valence-corrected chi connectivity index (χ2v) is 3.57. The fraction of sp³-hybridized carbons (Fsp3) is 0. The number of non-ortho nitro benzene ring substituents is 1. The first-order valence-corrected chi connectivity index (χ1v) is 5.52. The summed E-state index contributed by atoms with van der Waals surface area (Å²) < 4.78 is 40.5. The Hall–Kier alpha value is -2.65. The maximum absolute atomic E-state index is 10.4. The molecule has 0 spiro atoms. The van der Waals surface area contributed by atoms with Crippen molar-refractivity contribution >= 4 is 12.9 Å². The number of benzene rings is 1. The van der Waals surface area contributed by atoms with Crippen molar-refractivity contribution < 1.29 is 31.8 Å². The Labute approximate surface area is 116 Å². The van der Waals surface area contributed by atoms with Gasteiger partial charge in [0.05, 0.1) is 4.92 Å². The van der Waals surface area contributed by atoms with Gasteiger partial charge in [-0.2, -0.15) is 0 Å². The van der Waals surface area contributed by atoms with E-state index in [0.717, 1.165) is 0 Å². The van der Waals surface area contributed by atoms with Crippen molar-refractivity contribution in [3.63, 3.8) is 0 Å². The Kier molecular flexibility index (Phi) is 5.64. The molecule has 1 heterocycles. The molecule has 0 atom stereocenters. The van der Waals surface area contributed by atoms with Crippen LogP contribution in [0.15, 0.2) is 54.9 Å². The number of nitro groups is 1. The zero-order valence-corrected chi connectivity index (χ0v) is 10.4. The van der Waals surface area contributed by atoms with E-state index in [9.17, 15) is 27.4 Å². The van der Waals surface area contributed by atoms with Crippen LogP contribution in [0.4, 0.5) is 23.0 Å². The van der Waals surface area contributed by atoms with Crippen LogP contribution in [0.2, 0.25) is 0 Å². The molecule has 0 aliphatic carbocycles. The van der Waals surface area contributed by atoms with Gasteiger partial charge in [-0.1, -0.05) is 6.07 Å². The highest BCUT2D eigenvalue weighted by Gasteiger charge is 2.20. The highest BCUT2D eigenvalue weighted by atomic mass is 19.5. The van der Waals surface area contributed by atoms with E-state index in [4.69, 9.17) is 4.84 Å². The molecule has 0 saturated carbocycles. The number of pyridine rings is 1. The minimum absolute atomic E-state index is 0.0467. The van der Waals surface area contributed by atoms with E-state index < -0.39 is 12.2 Å². The lowest BCUT2D eigenvalue weighted by Gasteiger charge is -1.96. The molecule has 0 radical (unpaired) electrons. The smallest absolute Gasteiger partial charge is 0.418 e. The number of nitro benzene ring substituents is 1. The summed E-state index contributed by atoms with van der Waals surface area (Å²) in [6, 6.07) is 11.4. The van der Waals surface area contributed by atoms with Crippen molar-refractivity contribution in [1.29, 1.82) is 0 Å². The van der Waals surface area contributed by atoms with Gasteiger partial charge in [0.2, 0.25) is 18.1 Å². The van der Waals surface area contributed by atoms with Gasteiger partial charge in [-0.3, -0.25) is 10.1 Å². The van der Waals surface area contributed by atoms with Crippen LogP contribution in [-0.2, 0) is 0 Å². The highest BCUT2D eigenvalue weighted by Crippen LogP contribution is 2.16. The number of halogens is 4. The molecule has 1 aromatic heterocycles. The number of hydrogen-bond donors (Lipinski definition) is 0. The third kappa shape index (κ3) is 7.50. The van der Waals surface area contributed by atoms with Crippen molar-refractivity contribution in [1.82, 2.24) is 0 Å². The van der Waals surface area contributed by atoms with Crippen molar-refractivity contribution in [2.75, 3.05) is 0 Å². The summed E-state index contributed by atoms with van der Waals surface area (Å²) in [6.07, 6.45) is 3.48. The van der Waals surface area contributed by atoms with Crippen molar-refractivity contribution in [3.05, 3.63) is 65.0 Å². The molecule has 0 unspecified atom stereocenters. The van der Waals surface area contributed by atoms with E-state index >= 15 is 0 Å². The summed E-state index contributed by atoms with van der Waals surface area (Å²) in [4.78, 5) is 15.4. The molecule has 21 heavy (non-hydrogen) atoms. The summed E-state index contributed by atoms with van der Waals surface area (Å²) in [6.45, 7) is 0. The predicted molar refractivity (Wildman–Crippen MR) is 65.9 cm³/mol. The summed E-state index contributed by atoms with van der Waals surface area (Å²) in [5.74, 6) is 0.543. The van der Waals surface area contributed by atoms with E-state index in [1.807, 2.05) is 18.2 Å². The SMILES string of the molecule is F[B-](F)(F)F.O=[N+]([O-])c1ccc(O[n+]2ccccc2)cc1. The lowest BCUT2D eigenvalue weighted by Crippen LogP contribution is -2.38. The van der Waals surface area contributed by atoms with Gasteiger partial charge in [-0.15, -0.1) is 0 Å². The minimum atomic E-state index is -6.00. The van der Waals surface area contributed by atoms with E-state index in [1.165, 1.54) is 16.9 Å². The summed E-state index contributed by atoms with van der Waals surface area (Å²) in [5, 5.41) is 10.4. The van der Waals surface area contributed by atoms with Crippen LogP contribution in [0.5, 0.6) is 5.75 Å². The standard InChI is InChI=1S/C11H9N2O3.BF4/c14-13(15)10-4-6-11(7-5-10)16-12-8-2-1-3-9-12;2-1(3,4)5/h1-9H;/q+1;-1. The lowest BCUT2D eigenvalue weighted by molar-refractivity contribution is -0.875. The molecule has 10 heteroatoms. The Morgan fingerprint density at radius 3 is 1.90 bits per heavy atom. The zero-order valence-electron chi connectivity index (χ0n) is 10.4. The quantitative estimate of drug-likeness (QED) is 0.288. The van der Waals surface area contributed by atoms with Crippen molar-refractivity contribution in [2.45, 2.75) is 0 Å². The first kappa shape index (κ1) is 16.4. The Balaban J connectivity index is 0.000000383. The number of aromatic nitrogens is 1. The van der Waals surface area contributed by atoms with Crippen LogP contribution in [0.3, 0.4) is 0 Å². The third-order valence-corrected chi connectivity index (χ3v) is 1.95. The van der Waals surface area contributed by atoms with Gasteiger partial charge in [0.15, 0.2) is 0 Å². The lowest BCUT2D eigenvalue weighted by atomic mass is 10.3. The molecule has 0 aliphatic rings. The Morgan fingerprint density at radius 2 is 1.48 bits per heavy atom. The summed E-state index contributed by atoms with van der Waals surface area (Å²) in [7, 11) is -6.00. The minimum Gasteiger partial charge on any atom is -0.418 e. The summed E-state index contributed by atoms with van der Waals surface area (Å²) >= 11 is 0. The maximum Gasteiger partial charge on any atom is 0.673 e. The van der Waals surface area contributed by atoms with Crippen molar-refractivity contribution in [2.24, 2.45) is 0 Å². The Bertz CT molecular complexity index is 572. The highest BCUT2D eigenvalue weighted by molar-refractivity contribution is 6.50. The molecule has 0 amide bonds. The fourth-order valence-electron chi connectivity index (χ4n) is 1.19. The maximum atomic E-state index is 10.4. The van der Waals surface area contributed by atoms with Crippen LogP contribution in [0.25, 0.3) is 0 Å². The number of rotatable bonds is 3. The van der Waals surface area contributed by atoms with Gasteiger partial charge in [0, 0.05) is 29.0 Å². The van der Waals surface area contributed by atoms with Crippen LogP contribution >= 0.6 is 0 Å². The second-order valence-electron chi connectivity index (χ2n) is 3.57. The van der Waals surface area contributed by atoms with Gasteiger partial charge in [-0.25, -0.2) is 4.84 Å². The average Bonchev–Trinajstić information content (AvgIpc) is 2.38. The van der Waals surface area contributed by atoms with Crippen molar-refractivity contribution in [3.8, 4) is 5.75 Å². The monoisotopic (exact) mass is 304 g/mol. The molecule has 1 aromatic carbocycles. The van der Waals surface area contributed by atoms with Crippen LogP contribution in [0, 0.1) is 10.1 Å². The topological polar surface area (TPSA) is 56.3 Å². The zero-order chi connectivity index (χ0) is 15.9. The number of hydrogen-bond acceptors (Lipinski definition) is 3. The van der Waals surface area contributed by atoms with Crippen LogP contribution in [-0.4, -0.2) is 12.2 Å². The first-order chi connectivity index (χ1) is 9.75. The van der Waals surface area contributed by atoms with Gasteiger partial charge in [-0.05, 0) is 12.1 Å². The molecular formula is C11H9BF4N2O3. The van der Waals surface area contributed by atoms with E-state index in [1.54, 1.807) is 24.5 Å². The third-order valence-electron chi connectivity index (χ3n) is 1.95. The molecule has 0 saturated heterocycles. The van der Waals surface area contributed by atoms with Gasteiger partial charge < -0.3 is 17.3 Å². The average molecular weight is 304 g/mol. The van der Waals surface area contributed by atoms with E-state index in [-0.39, 0.29) is 5.69 Å². The molecule has 0 N–H and O–H groups in total. The molecular weight excluding hydrogens is 295 g/mol. The summed E-state index contributed by atoms with van der Waals surface area (Å²) in [5.41, 5.74) is 0.0467. The first-order valence-electron chi connectivity index (χ1n) is 5.52. The van der Waals surface area contributed by atoms with Gasteiger partial charge >= 0.3 is 7.25 Å². The molecule has 5 nitrogen and oxygen atoms in total.